The van der Waals surface area contributed by atoms with Gasteiger partial charge in [0.2, 0.25) is 0 Å². The molecule has 1 N–H and O–H groups in total. The van der Waals surface area contributed by atoms with Crippen molar-refractivity contribution >= 4 is 45.7 Å². The number of ether oxygens (including phenoxy) is 1. The van der Waals surface area contributed by atoms with Crippen LogP contribution in [0.1, 0.15) is 13.3 Å². The number of rotatable bonds is 4. The molecule has 1 fully saturated rings. The van der Waals surface area contributed by atoms with Crippen molar-refractivity contribution in [2.45, 2.75) is 13.3 Å². The highest BCUT2D eigenvalue weighted by molar-refractivity contribution is 6.31. The van der Waals surface area contributed by atoms with Crippen LogP contribution in [0.5, 0.6) is 5.75 Å². The van der Waals surface area contributed by atoms with Gasteiger partial charge < -0.3 is 24.3 Å². The summed E-state index contributed by atoms with van der Waals surface area (Å²) in [4.78, 5) is 22.1. The van der Waals surface area contributed by atoms with Gasteiger partial charge in [-0.1, -0.05) is 23.7 Å². The molecule has 1 aliphatic heterocycles. The van der Waals surface area contributed by atoms with E-state index >= 15 is 0 Å². The first-order chi connectivity index (χ1) is 16.1. The average molecular weight is 464 g/mol. The zero-order chi connectivity index (χ0) is 22.8. The molecular formula is C25H26ClN5O2. The summed E-state index contributed by atoms with van der Waals surface area (Å²) in [6.45, 7) is 5.27. The van der Waals surface area contributed by atoms with Gasteiger partial charge in [-0.3, -0.25) is 0 Å². The summed E-state index contributed by atoms with van der Waals surface area (Å²) in [5, 5.41) is 3.68. The molecule has 0 radical (unpaired) electrons. The van der Waals surface area contributed by atoms with Gasteiger partial charge >= 0.3 is 6.03 Å². The molecule has 2 amide bonds. The average Bonchev–Trinajstić information content (AvgIpc) is 3.17. The van der Waals surface area contributed by atoms with E-state index in [1.54, 1.807) is 0 Å². The molecule has 0 spiro atoms. The Morgan fingerprint density at radius 1 is 1.06 bits per heavy atom. The SMILES string of the molecule is CCOc1ccccc1NC(=O)N1CCCN(c2nc3cc(Cl)ccc3n3cccc23)CC1. The molecule has 0 unspecified atom stereocenters. The second-order valence-corrected chi connectivity index (χ2v) is 8.46. The number of carbonyl (C=O) groups is 1. The van der Waals surface area contributed by atoms with Crippen molar-refractivity contribution in [3.63, 3.8) is 0 Å². The van der Waals surface area contributed by atoms with Crippen LogP contribution in [0.4, 0.5) is 16.3 Å². The largest absolute Gasteiger partial charge is 0.492 e. The molecule has 0 atom stereocenters. The third-order valence-corrected chi connectivity index (χ3v) is 6.15. The van der Waals surface area contributed by atoms with Crippen LogP contribution in [-0.2, 0) is 0 Å². The summed E-state index contributed by atoms with van der Waals surface area (Å²) < 4.78 is 7.79. The Bertz CT molecular complexity index is 1300. The van der Waals surface area contributed by atoms with E-state index in [4.69, 9.17) is 21.3 Å². The third-order valence-electron chi connectivity index (χ3n) is 5.91. The number of urea groups is 1. The summed E-state index contributed by atoms with van der Waals surface area (Å²) in [6.07, 6.45) is 2.90. The number of hydrogen-bond donors (Lipinski definition) is 1. The smallest absolute Gasteiger partial charge is 0.322 e. The maximum atomic E-state index is 13.0. The molecule has 1 aliphatic rings. The molecule has 1 saturated heterocycles. The third kappa shape index (κ3) is 4.28. The Labute approximate surface area is 197 Å². The quantitative estimate of drug-likeness (QED) is 0.447. The molecule has 4 aromatic rings. The van der Waals surface area contributed by atoms with Gasteiger partial charge in [-0.05, 0) is 55.8 Å². The number of nitrogens with one attached hydrogen (secondary N) is 1. The van der Waals surface area contributed by atoms with E-state index in [0.717, 1.165) is 35.3 Å². The fourth-order valence-corrected chi connectivity index (χ4v) is 4.51. The van der Waals surface area contributed by atoms with Gasteiger partial charge in [-0.15, -0.1) is 0 Å². The highest BCUT2D eigenvalue weighted by Gasteiger charge is 2.22. The zero-order valence-electron chi connectivity index (χ0n) is 18.5. The fraction of sp³-hybridized carbons (Fsp3) is 0.280. The van der Waals surface area contributed by atoms with Crippen molar-refractivity contribution in [3.8, 4) is 5.75 Å². The minimum Gasteiger partial charge on any atom is -0.492 e. The predicted octanol–water partition coefficient (Wildman–Crippen LogP) is 5.28. The number of hydrogen-bond acceptors (Lipinski definition) is 4. The van der Waals surface area contributed by atoms with Crippen LogP contribution in [0, 0.1) is 0 Å². The Balaban J connectivity index is 1.36. The summed E-state index contributed by atoms with van der Waals surface area (Å²) in [5.74, 6) is 1.60. The number of nitrogens with zero attached hydrogens (tertiary/aromatic N) is 4. The molecule has 0 bridgehead atoms. The van der Waals surface area contributed by atoms with Crippen LogP contribution in [-0.4, -0.2) is 53.1 Å². The van der Waals surface area contributed by atoms with E-state index < -0.39 is 0 Å². The Hall–Kier alpha value is -3.45. The second-order valence-electron chi connectivity index (χ2n) is 8.02. The van der Waals surface area contributed by atoms with Crippen LogP contribution in [0.15, 0.2) is 60.8 Å². The van der Waals surface area contributed by atoms with Gasteiger partial charge in [0.1, 0.15) is 5.75 Å². The van der Waals surface area contributed by atoms with Crippen molar-refractivity contribution in [2.24, 2.45) is 0 Å². The fourth-order valence-electron chi connectivity index (χ4n) is 4.35. The van der Waals surface area contributed by atoms with E-state index in [1.165, 1.54) is 0 Å². The number of anilines is 2. The lowest BCUT2D eigenvalue weighted by molar-refractivity contribution is 0.215. The zero-order valence-corrected chi connectivity index (χ0v) is 19.3. The summed E-state index contributed by atoms with van der Waals surface area (Å²) in [7, 11) is 0. The lowest BCUT2D eigenvalue weighted by Gasteiger charge is -2.24. The predicted molar refractivity (Wildman–Crippen MR) is 133 cm³/mol. The number of carbonyl (C=O) groups excluding carboxylic acids is 1. The molecule has 2 aromatic heterocycles. The molecule has 33 heavy (non-hydrogen) atoms. The van der Waals surface area contributed by atoms with E-state index in [2.05, 4.69) is 20.7 Å². The van der Waals surface area contributed by atoms with E-state index in [0.29, 0.717) is 42.7 Å². The van der Waals surface area contributed by atoms with E-state index in [1.807, 2.05) is 66.6 Å². The summed E-state index contributed by atoms with van der Waals surface area (Å²) >= 11 is 6.24. The van der Waals surface area contributed by atoms with Crippen molar-refractivity contribution in [2.75, 3.05) is 43.0 Å². The maximum absolute atomic E-state index is 13.0. The molecule has 8 heteroatoms. The van der Waals surface area contributed by atoms with Crippen molar-refractivity contribution in [1.29, 1.82) is 0 Å². The van der Waals surface area contributed by atoms with Crippen molar-refractivity contribution in [1.82, 2.24) is 14.3 Å². The molecule has 3 heterocycles. The molecule has 170 valence electrons. The number of aromatic nitrogens is 2. The van der Waals surface area contributed by atoms with E-state index in [9.17, 15) is 4.79 Å². The van der Waals surface area contributed by atoms with Gasteiger partial charge in [0.25, 0.3) is 0 Å². The van der Waals surface area contributed by atoms with Crippen molar-refractivity contribution < 1.29 is 9.53 Å². The molecule has 0 aliphatic carbocycles. The first kappa shape index (κ1) is 21.4. The topological polar surface area (TPSA) is 62.1 Å². The number of benzene rings is 2. The first-order valence-corrected chi connectivity index (χ1v) is 11.6. The number of amides is 2. The Kier molecular flexibility index (Phi) is 5.96. The number of para-hydroxylation sites is 2. The van der Waals surface area contributed by atoms with Gasteiger partial charge in [0.15, 0.2) is 5.82 Å². The van der Waals surface area contributed by atoms with Crippen LogP contribution >= 0.6 is 11.6 Å². The van der Waals surface area contributed by atoms with E-state index in [-0.39, 0.29) is 6.03 Å². The van der Waals surface area contributed by atoms with Crippen LogP contribution in [0.25, 0.3) is 16.6 Å². The second kappa shape index (κ2) is 9.19. The number of fused-ring (bicyclic) bond motifs is 3. The molecule has 7 nitrogen and oxygen atoms in total. The van der Waals surface area contributed by atoms with Crippen LogP contribution in [0.2, 0.25) is 5.02 Å². The Morgan fingerprint density at radius 3 is 2.82 bits per heavy atom. The maximum Gasteiger partial charge on any atom is 0.322 e. The van der Waals surface area contributed by atoms with Crippen LogP contribution in [0.3, 0.4) is 0 Å². The molecule has 0 saturated carbocycles. The standard InChI is InChI=1S/C25H26ClN5O2/c1-2-33-23-9-4-3-7-19(23)28-25(32)30-13-6-12-29(15-16-30)24-22-8-5-14-31(22)21-11-10-18(26)17-20(21)27-24/h3-5,7-11,14,17H,2,6,12-13,15-16H2,1H3,(H,28,32). The number of halogens is 1. The van der Waals surface area contributed by atoms with Gasteiger partial charge in [-0.2, -0.15) is 0 Å². The van der Waals surface area contributed by atoms with Crippen LogP contribution < -0.4 is 15.0 Å². The highest BCUT2D eigenvalue weighted by atomic mass is 35.5. The Morgan fingerprint density at radius 2 is 1.94 bits per heavy atom. The minimum absolute atomic E-state index is 0.116. The molecular weight excluding hydrogens is 438 g/mol. The molecule has 2 aromatic carbocycles. The summed E-state index contributed by atoms with van der Waals surface area (Å²) in [6, 6.07) is 17.3. The van der Waals surface area contributed by atoms with Crippen molar-refractivity contribution in [3.05, 3.63) is 65.8 Å². The minimum atomic E-state index is -0.116. The van der Waals surface area contributed by atoms with Gasteiger partial charge in [0, 0.05) is 37.4 Å². The van der Waals surface area contributed by atoms with Gasteiger partial charge in [0.05, 0.1) is 28.8 Å². The highest BCUT2D eigenvalue weighted by Crippen LogP contribution is 2.28. The molecule has 5 rings (SSSR count). The normalized spacial score (nSPS) is 14.5. The monoisotopic (exact) mass is 463 g/mol. The summed E-state index contributed by atoms with van der Waals surface area (Å²) in [5.41, 5.74) is 3.61. The first-order valence-electron chi connectivity index (χ1n) is 11.2. The lowest BCUT2D eigenvalue weighted by atomic mass is 10.2. The lowest BCUT2D eigenvalue weighted by Crippen LogP contribution is -2.38. The van der Waals surface area contributed by atoms with Gasteiger partial charge in [-0.25, -0.2) is 9.78 Å².